The van der Waals surface area contributed by atoms with E-state index in [0.29, 0.717) is 40.8 Å². The average molecular weight is 500 g/mol. The van der Waals surface area contributed by atoms with Gasteiger partial charge in [0.05, 0.1) is 28.7 Å². The van der Waals surface area contributed by atoms with Crippen molar-refractivity contribution in [2.24, 2.45) is 0 Å². The Morgan fingerprint density at radius 2 is 1.74 bits per heavy atom. The summed E-state index contributed by atoms with van der Waals surface area (Å²) in [5.74, 6) is 0.743. The Bertz CT molecular complexity index is 1420. The van der Waals surface area contributed by atoms with E-state index in [1.165, 1.54) is 22.1 Å². The van der Waals surface area contributed by atoms with E-state index in [1.54, 1.807) is 43.5 Å². The number of hydrogen-bond donors (Lipinski definition) is 0. The maximum Gasteiger partial charge on any atom is 0.243 e. The Hall–Kier alpha value is -2.88. The summed E-state index contributed by atoms with van der Waals surface area (Å²) < 4.78 is 49.3. The quantitative estimate of drug-likeness (QED) is 0.285. The van der Waals surface area contributed by atoms with Crippen LogP contribution in [0.5, 0.6) is 5.75 Å². The smallest absolute Gasteiger partial charge is 0.243 e. The Balaban J connectivity index is 1.86. The minimum atomic E-state index is -3.63. The standard InChI is InChI=1S/C25H26FN3O3S2/c1-4-28(5-2)34(30,31)19-14-15-22-21(16-19)27-25(33-17-18-10-6-7-11-20(18)26)29(22)23-12-8-9-13-24(23)32-3/h6-16H,4-5,17H2,1-3H3. The molecule has 0 atom stereocenters. The number of thioether (sulfide) groups is 1. The first kappa shape index (κ1) is 24.3. The number of ether oxygens (including phenoxy) is 1. The minimum Gasteiger partial charge on any atom is -0.495 e. The van der Waals surface area contributed by atoms with Crippen LogP contribution in [-0.4, -0.2) is 42.5 Å². The largest absolute Gasteiger partial charge is 0.495 e. The Kier molecular flexibility index (Phi) is 7.25. The predicted molar refractivity (Wildman–Crippen MR) is 134 cm³/mol. The molecule has 1 heterocycles. The molecule has 0 saturated heterocycles. The molecule has 34 heavy (non-hydrogen) atoms. The summed E-state index contributed by atoms with van der Waals surface area (Å²) in [7, 11) is -2.04. The number of para-hydroxylation sites is 2. The number of halogens is 1. The van der Waals surface area contributed by atoms with E-state index in [-0.39, 0.29) is 10.7 Å². The maximum atomic E-state index is 14.2. The van der Waals surface area contributed by atoms with Gasteiger partial charge in [0.25, 0.3) is 0 Å². The lowest BCUT2D eigenvalue weighted by Gasteiger charge is -2.18. The molecular weight excluding hydrogens is 473 g/mol. The molecule has 0 N–H and O–H groups in total. The van der Waals surface area contributed by atoms with Gasteiger partial charge in [-0.1, -0.05) is 55.9 Å². The summed E-state index contributed by atoms with van der Waals surface area (Å²) in [4.78, 5) is 4.95. The van der Waals surface area contributed by atoms with Gasteiger partial charge < -0.3 is 4.74 Å². The molecule has 0 radical (unpaired) electrons. The lowest BCUT2D eigenvalue weighted by Crippen LogP contribution is -2.30. The summed E-state index contributed by atoms with van der Waals surface area (Å²) in [6.07, 6.45) is 0. The number of aromatic nitrogens is 2. The van der Waals surface area contributed by atoms with Crippen molar-refractivity contribution in [1.29, 1.82) is 0 Å². The van der Waals surface area contributed by atoms with Gasteiger partial charge in [-0.2, -0.15) is 4.31 Å². The van der Waals surface area contributed by atoms with Crippen LogP contribution in [0.3, 0.4) is 0 Å². The Labute approximate surface area is 203 Å². The van der Waals surface area contributed by atoms with Gasteiger partial charge >= 0.3 is 0 Å². The Morgan fingerprint density at radius 3 is 2.44 bits per heavy atom. The topological polar surface area (TPSA) is 64.4 Å². The second-order valence-corrected chi connectivity index (χ2v) is 10.4. The second kappa shape index (κ2) is 10.2. The highest BCUT2D eigenvalue weighted by atomic mass is 32.2. The fourth-order valence-corrected chi connectivity index (χ4v) is 6.30. The van der Waals surface area contributed by atoms with E-state index in [1.807, 2.05) is 42.7 Å². The molecule has 0 aliphatic heterocycles. The van der Waals surface area contributed by atoms with Crippen LogP contribution in [0.25, 0.3) is 16.7 Å². The molecule has 3 aromatic carbocycles. The number of rotatable bonds is 9. The van der Waals surface area contributed by atoms with Crippen LogP contribution >= 0.6 is 11.8 Å². The highest BCUT2D eigenvalue weighted by Crippen LogP contribution is 2.35. The number of methoxy groups -OCH3 is 1. The highest BCUT2D eigenvalue weighted by molar-refractivity contribution is 7.98. The van der Waals surface area contributed by atoms with Crippen LogP contribution in [0, 0.1) is 5.82 Å². The number of sulfonamides is 1. The Morgan fingerprint density at radius 1 is 1.03 bits per heavy atom. The summed E-state index contributed by atoms with van der Waals surface area (Å²) >= 11 is 1.38. The van der Waals surface area contributed by atoms with Crippen LogP contribution in [0.4, 0.5) is 4.39 Å². The zero-order valence-corrected chi connectivity index (χ0v) is 20.9. The molecule has 0 unspecified atom stereocenters. The van der Waals surface area contributed by atoms with Crippen molar-refractivity contribution in [1.82, 2.24) is 13.9 Å². The normalized spacial score (nSPS) is 11.9. The molecule has 1 aromatic heterocycles. The molecule has 0 saturated carbocycles. The molecule has 0 bridgehead atoms. The van der Waals surface area contributed by atoms with Crippen LogP contribution in [0.2, 0.25) is 0 Å². The summed E-state index contributed by atoms with van der Waals surface area (Å²) in [6.45, 7) is 4.40. The monoisotopic (exact) mass is 499 g/mol. The first-order chi connectivity index (χ1) is 16.4. The molecule has 4 aromatic rings. The SMILES string of the molecule is CCN(CC)S(=O)(=O)c1ccc2c(c1)nc(SCc1ccccc1F)n2-c1ccccc1OC. The van der Waals surface area contributed by atoms with E-state index >= 15 is 0 Å². The van der Waals surface area contributed by atoms with Crippen molar-refractivity contribution in [3.8, 4) is 11.4 Å². The van der Waals surface area contributed by atoms with Gasteiger partial charge in [0.1, 0.15) is 11.6 Å². The van der Waals surface area contributed by atoms with Crippen molar-refractivity contribution in [3.63, 3.8) is 0 Å². The van der Waals surface area contributed by atoms with Crippen LogP contribution in [0.15, 0.2) is 76.8 Å². The molecule has 9 heteroatoms. The van der Waals surface area contributed by atoms with Gasteiger partial charge in [0, 0.05) is 18.8 Å². The van der Waals surface area contributed by atoms with Gasteiger partial charge in [0.2, 0.25) is 10.0 Å². The maximum absolute atomic E-state index is 14.2. The van der Waals surface area contributed by atoms with E-state index in [2.05, 4.69) is 0 Å². The van der Waals surface area contributed by atoms with Gasteiger partial charge in [0.15, 0.2) is 5.16 Å². The third-order valence-electron chi connectivity index (χ3n) is 5.58. The van der Waals surface area contributed by atoms with Crippen molar-refractivity contribution in [3.05, 3.63) is 78.1 Å². The van der Waals surface area contributed by atoms with E-state index in [9.17, 15) is 12.8 Å². The molecule has 178 valence electrons. The lowest BCUT2D eigenvalue weighted by atomic mass is 10.2. The number of imidazole rings is 1. The fourth-order valence-electron chi connectivity index (χ4n) is 3.81. The zero-order chi connectivity index (χ0) is 24.3. The third-order valence-corrected chi connectivity index (χ3v) is 8.61. The first-order valence-electron chi connectivity index (χ1n) is 10.9. The average Bonchev–Trinajstić information content (AvgIpc) is 3.21. The minimum absolute atomic E-state index is 0.194. The molecule has 4 rings (SSSR count). The van der Waals surface area contributed by atoms with Gasteiger partial charge in [-0.15, -0.1) is 0 Å². The van der Waals surface area contributed by atoms with E-state index in [0.717, 1.165) is 11.2 Å². The molecule has 0 spiro atoms. The van der Waals surface area contributed by atoms with Crippen molar-refractivity contribution < 1.29 is 17.5 Å². The van der Waals surface area contributed by atoms with Crippen LogP contribution in [-0.2, 0) is 15.8 Å². The summed E-state index contributed by atoms with van der Waals surface area (Å²) in [6, 6.07) is 19.1. The number of hydrogen-bond acceptors (Lipinski definition) is 5. The number of nitrogens with zero attached hydrogens (tertiary/aromatic N) is 3. The highest BCUT2D eigenvalue weighted by Gasteiger charge is 2.24. The molecule has 0 amide bonds. The predicted octanol–water partition coefficient (Wildman–Crippen LogP) is 5.50. The van der Waals surface area contributed by atoms with Gasteiger partial charge in [-0.05, 0) is 42.0 Å². The molecular formula is C25H26FN3O3S2. The number of fused-ring (bicyclic) bond motifs is 1. The number of benzene rings is 3. The van der Waals surface area contributed by atoms with Crippen LogP contribution in [0.1, 0.15) is 19.4 Å². The van der Waals surface area contributed by atoms with Crippen molar-refractivity contribution in [2.45, 2.75) is 29.7 Å². The van der Waals surface area contributed by atoms with Crippen molar-refractivity contribution in [2.75, 3.05) is 20.2 Å². The third kappa shape index (κ3) is 4.55. The summed E-state index contributed by atoms with van der Waals surface area (Å²) in [5.41, 5.74) is 2.60. The second-order valence-electron chi connectivity index (χ2n) is 7.52. The molecule has 0 aliphatic carbocycles. The molecule has 0 aliphatic rings. The summed E-state index contributed by atoms with van der Waals surface area (Å²) in [5, 5.41) is 0.611. The zero-order valence-electron chi connectivity index (χ0n) is 19.2. The molecule has 6 nitrogen and oxygen atoms in total. The van der Waals surface area contributed by atoms with Crippen molar-refractivity contribution >= 4 is 32.8 Å². The van der Waals surface area contributed by atoms with E-state index in [4.69, 9.17) is 9.72 Å². The van der Waals surface area contributed by atoms with Gasteiger partial charge in [-0.25, -0.2) is 17.8 Å². The fraction of sp³-hybridized carbons (Fsp3) is 0.240. The van der Waals surface area contributed by atoms with Gasteiger partial charge in [-0.3, -0.25) is 4.57 Å². The lowest BCUT2D eigenvalue weighted by molar-refractivity contribution is 0.412. The molecule has 0 fully saturated rings. The van der Waals surface area contributed by atoms with E-state index < -0.39 is 10.0 Å². The van der Waals surface area contributed by atoms with Crippen LogP contribution < -0.4 is 4.74 Å². The first-order valence-corrected chi connectivity index (χ1v) is 13.4.